The molecule has 0 spiro atoms. The number of aliphatic hydroxyl groups excluding tert-OH is 5. The van der Waals surface area contributed by atoms with Crippen molar-refractivity contribution in [3.63, 3.8) is 0 Å². The molecule has 0 radical (unpaired) electrons. The Bertz CT molecular complexity index is 811. The van der Waals surface area contributed by atoms with Crippen LogP contribution in [0, 0.1) is 5.92 Å². The van der Waals surface area contributed by atoms with E-state index in [9.17, 15) is 40.2 Å². The van der Waals surface area contributed by atoms with Crippen LogP contribution >= 0.6 is 0 Å². The Labute approximate surface area is 196 Å². The molecule has 0 aromatic heterocycles. The van der Waals surface area contributed by atoms with Crippen molar-refractivity contribution in [2.24, 2.45) is 5.92 Å². The highest BCUT2D eigenvalue weighted by Gasteiger charge is 2.49. The Morgan fingerprint density at radius 3 is 2.24 bits per heavy atom. The zero-order chi connectivity index (χ0) is 25.6. The Hall–Kier alpha value is -2.32. The third-order valence-electron chi connectivity index (χ3n) is 5.34. The third-order valence-corrected chi connectivity index (χ3v) is 5.34. The first-order valence-electron chi connectivity index (χ1n) is 10.7. The van der Waals surface area contributed by atoms with Gasteiger partial charge >= 0.3 is 11.9 Å². The first-order chi connectivity index (χ1) is 15.9. The molecular formula is C22H32O12. The number of benzene rings is 1. The van der Waals surface area contributed by atoms with Gasteiger partial charge in [-0.2, -0.15) is 0 Å². The van der Waals surface area contributed by atoms with E-state index in [4.69, 9.17) is 14.2 Å². The average Bonchev–Trinajstić information content (AvgIpc) is 2.82. The molecule has 1 aliphatic heterocycles. The summed E-state index contributed by atoms with van der Waals surface area (Å²) in [7, 11) is 1.01. The largest absolute Gasteiger partial charge is 0.467 e. The molecule has 34 heavy (non-hydrogen) atoms. The third kappa shape index (κ3) is 6.42. The van der Waals surface area contributed by atoms with Gasteiger partial charge in [-0.1, -0.05) is 26.0 Å². The lowest BCUT2D eigenvalue weighted by Gasteiger charge is -2.39. The number of carbonyl (C=O) groups is 2. The van der Waals surface area contributed by atoms with Crippen LogP contribution in [0.4, 0.5) is 0 Å². The van der Waals surface area contributed by atoms with E-state index >= 15 is 0 Å². The Morgan fingerprint density at radius 1 is 1.09 bits per heavy atom. The minimum absolute atomic E-state index is 0.205. The standard InChI is InChI=1S/C22H32O12/c1-11(2)8-22(30,18(27)19(28)31-3)21(29)32-10-12-4-6-13(7-5-12)33-20-17(26)16(25)15(24)14(9-23)34-20/h4-7,11,14-18,20,23-27,30H,8-10H2,1-3H3/t14-,15-,16+,17-,18?,20-,22?/m1/s1. The lowest BCUT2D eigenvalue weighted by molar-refractivity contribution is -0.277. The number of hydrogen-bond donors (Lipinski definition) is 6. The number of ether oxygens (including phenoxy) is 4. The predicted octanol–water partition coefficient (Wildman–Crippen LogP) is -1.78. The maximum absolute atomic E-state index is 12.5. The lowest BCUT2D eigenvalue weighted by atomic mass is 9.87. The number of esters is 2. The summed E-state index contributed by atoms with van der Waals surface area (Å²) < 4.78 is 20.3. The van der Waals surface area contributed by atoms with Crippen molar-refractivity contribution in [1.29, 1.82) is 0 Å². The normalized spacial score (nSPS) is 27.5. The summed E-state index contributed by atoms with van der Waals surface area (Å²) in [6.07, 6.45) is -9.51. The van der Waals surface area contributed by atoms with Gasteiger partial charge in [0, 0.05) is 0 Å². The van der Waals surface area contributed by atoms with Crippen molar-refractivity contribution in [1.82, 2.24) is 0 Å². The summed E-state index contributed by atoms with van der Waals surface area (Å²) in [5.41, 5.74) is -2.03. The van der Waals surface area contributed by atoms with Crippen LogP contribution in [0.3, 0.4) is 0 Å². The van der Waals surface area contributed by atoms with E-state index in [-0.39, 0.29) is 24.7 Å². The fraction of sp³-hybridized carbons (Fsp3) is 0.636. The van der Waals surface area contributed by atoms with Gasteiger partial charge in [0.15, 0.2) is 11.7 Å². The molecule has 1 aromatic carbocycles. The fourth-order valence-corrected chi connectivity index (χ4v) is 3.47. The summed E-state index contributed by atoms with van der Waals surface area (Å²) in [5.74, 6) is -2.41. The highest BCUT2D eigenvalue weighted by atomic mass is 16.7. The minimum Gasteiger partial charge on any atom is -0.467 e. The van der Waals surface area contributed by atoms with Gasteiger partial charge < -0.3 is 49.6 Å². The van der Waals surface area contributed by atoms with Gasteiger partial charge in [0.25, 0.3) is 0 Å². The van der Waals surface area contributed by atoms with Crippen molar-refractivity contribution < 1.29 is 59.2 Å². The topological polar surface area (TPSA) is 192 Å². The smallest absolute Gasteiger partial charge is 0.341 e. The Morgan fingerprint density at radius 2 is 1.71 bits per heavy atom. The van der Waals surface area contributed by atoms with Gasteiger partial charge in [-0.05, 0) is 30.0 Å². The summed E-state index contributed by atoms with van der Waals surface area (Å²) in [5, 5.41) is 59.7. The molecule has 2 rings (SSSR count). The molecule has 1 aromatic rings. The highest BCUT2D eigenvalue weighted by Crippen LogP contribution is 2.26. The fourth-order valence-electron chi connectivity index (χ4n) is 3.47. The summed E-state index contributed by atoms with van der Waals surface area (Å²) in [6.45, 7) is 2.49. The SMILES string of the molecule is COC(=O)C(O)C(O)(CC(C)C)C(=O)OCc1ccc(O[C@@H]2O[C@H](CO)[C@@H](O)[C@H](O)[C@H]2O)cc1. The number of methoxy groups -OCH3 is 1. The molecule has 0 aliphatic carbocycles. The van der Waals surface area contributed by atoms with Crippen molar-refractivity contribution in [3.8, 4) is 5.75 Å². The first-order valence-corrected chi connectivity index (χ1v) is 10.7. The molecular weight excluding hydrogens is 456 g/mol. The second-order valence-corrected chi connectivity index (χ2v) is 8.48. The lowest BCUT2D eigenvalue weighted by Crippen LogP contribution is -2.60. The second-order valence-electron chi connectivity index (χ2n) is 8.48. The van der Waals surface area contributed by atoms with Gasteiger partial charge in [0.1, 0.15) is 36.8 Å². The van der Waals surface area contributed by atoms with Crippen molar-refractivity contribution >= 4 is 11.9 Å². The van der Waals surface area contributed by atoms with E-state index in [1.807, 2.05) is 0 Å². The molecule has 12 heteroatoms. The van der Waals surface area contributed by atoms with E-state index in [0.717, 1.165) is 7.11 Å². The van der Waals surface area contributed by atoms with E-state index in [2.05, 4.69) is 4.74 Å². The van der Waals surface area contributed by atoms with E-state index in [0.29, 0.717) is 5.56 Å². The Kier molecular flexibility index (Phi) is 9.76. The van der Waals surface area contributed by atoms with Gasteiger partial charge in [-0.15, -0.1) is 0 Å². The molecule has 1 aliphatic rings. The maximum atomic E-state index is 12.5. The van der Waals surface area contributed by atoms with Crippen LogP contribution < -0.4 is 4.74 Å². The minimum atomic E-state index is -2.49. The van der Waals surface area contributed by atoms with Crippen LogP contribution in [-0.4, -0.2) is 98.7 Å². The number of rotatable bonds is 10. The summed E-state index contributed by atoms with van der Waals surface area (Å²) in [6, 6.07) is 5.91. The molecule has 1 saturated heterocycles. The second kappa shape index (κ2) is 11.9. The molecule has 6 N–H and O–H groups in total. The molecule has 192 valence electrons. The van der Waals surface area contributed by atoms with Gasteiger partial charge in [0.05, 0.1) is 13.7 Å². The van der Waals surface area contributed by atoms with Crippen molar-refractivity contribution in [2.45, 2.75) is 69.3 Å². The van der Waals surface area contributed by atoms with Crippen molar-refractivity contribution in [2.75, 3.05) is 13.7 Å². The molecule has 0 saturated carbocycles. The number of aliphatic hydroxyl groups is 6. The van der Waals surface area contributed by atoms with Crippen LogP contribution in [0.5, 0.6) is 5.75 Å². The van der Waals surface area contributed by atoms with Gasteiger partial charge in [-0.3, -0.25) is 0 Å². The van der Waals surface area contributed by atoms with Crippen LogP contribution in [0.15, 0.2) is 24.3 Å². The molecule has 2 unspecified atom stereocenters. The van der Waals surface area contributed by atoms with Crippen LogP contribution in [0.25, 0.3) is 0 Å². The number of hydrogen-bond acceptors (Lipinski definition) is 12. The number of carbonyl (C=O) groups excluding carboxylic acids is 2. The average molecular weight is 488 g/mol. The zero-order valence-electron chi connectivity index (χ0n) is 19.1. The molecule has 0 amide bonds. The van der Waals surface area contributed by atoms with E-state index in [1.165, 1.54) is 24.3 Å². The molecule has 12 nitrogen and oxygen atoms in total. The van der Waals surface area contributed by atoms with Crippen LogP contribution in [-0.2, 0) is 30.4 Å². The van der Waals surface area contributed by atoms with Gasteiger partial charge in [0.2, 0.25) is 6.29 Å². The monoisotopic (exact) mass is 488 g/mol. The highest BCUT2D eigenvalue weighted by molar-refractivity contribution is 5.89. The Balaban J connectivity index is 2.02. The van der Waals surface area contributed by atoms with Crippen LogP contribution in [0.2, 0.25) is 0 Å². The molecule has 0 bridgehead atoms. The van der Waals surface area contributed by atoms with Crippen LogP contribution in [0.1, 0.15) is 25.8 Å². The first kappa shape index (κ1) is 27.9. The summed E-state index contributed by atoms with van der Waals surface area (Å²) in [4.78, 5) is 24.2. The molecule has 1 heterocycles. The maximum Gasteiger partial charge on any atom is 0.341 e. The van der Waals surface area contributed by atoms with E-state index in [1.54, 1.807) is 13.8 Å². The van der Waals surface area contributed by atoms with Gasteiger partial charge in [-0.25, -0.2) is 9.59 Å². The predicted molar refractivity (Wildman–Crippen MR) is 113 cm³/mol. The zero-order valence-corrected chi connectivity index (χ0v) is 19.1. The van der Waals surface area contributed by atoms with Crippen molar-refractivity contribution in [3.05, 3.63) is 29.8 Å². The van der Waals surface area contributed by atoms with E-state index < -0.39 is 61.0 Å². The molecule has 7 atom stereocenters. The quantitative estimate of drug-likeness (QED) is 0.203. The molecule has 1 fully saturated rings. The summed E-state index contributed by atoms with van der Waals surface area (Å²) >= 11 is 0.